The molecule has 9 heteroatoms. The average molecular weight is 407 g/mol. The van der Waals surface area contributed by atoms with Gasteiger partial charge in [0, 0.05) is 43.8 Å². The summed E-state index contributed by atoms with van der Waals surface area (Å²) in [5.41, 5.74) is 0.591. The molecular weight excluding hydrogens is 388 g/mol. The van der Waals surface area contributed by atoms with Crippen molar-refractivity contribution in [2.45, 2.75) is 4.90 Å². The van der Waals surface area contributed by atoms with Gasteiger partial charge in [0.15, 0.2) is 5.88 Å². The molecule has 4 rings (SSSR count). The summed E-state index contributed by atoms with van der Waals surface area (Å²) >= 11 is 6.37. The summed E-state index contributed by atoms with van der Waals surface area (Å²) in [6.45, 7) is 2.20. The molecule has 142 valence electrons. The second kappa shape index (κ2) is 6.79. The fraction of sp³-hybridized carbons (Fsp3) is 0.278. The number of halogens is 1. The fourth-order valence-corrected chi connectivity index (χ4v) is 5.24. The average Bonchev–Trinajstić information content (AvgIpc) is 2.97. The molecule has 3 aromatic rings. The minimum absolute atomic E-state index is 0.0334. The van der Waals surface area contributed by atoms with Gasteiger partial charge in [-0.2, -0.15) is 4.31 Å². The first-order chi connectivity index (χ1) is 12.9. The standard InChI is InChI=1S/C18H19ClN4O3S/c1-21-6-8-22(9-7-21)27(25,26)16-10-13-11-18(24)23(15(13)12-14(16)19)17-4-2-3-5-20-17/h2-5,10-12,24H,6-9H2,1H3. The van der Waals surface area contributed by atoms with Crippen molar-refractivity contribution in [2.75, 3.05) is 33.2 Å². The lowest BCUT2D eigenvalue weighted by Crippen LogP contribution is -2.47. The first-order valence-corrected chi connectivity index (χ1v) is 10.3. The minimum atomic E-state index is -3.71. The predicted molar refractivity (Wildman–Crippen MR) is 104 cm³/mol. The van der Waals surface area contributed by atoms with Gasteiger partial charge in [-0.25, -0.2) is 13.4 Å². The minimum Gasteiger partial charge on any atom is -0.494 e. The Morgan fingerprint density at radius 1 is 1.11 bits per heavy atom. The summed E-state index contributed by atoms with van der Waals surface area (Å²) in [5, 5.41) is 11.1. The monoisotopic (exact) mass is 406 g/mol. The SMILES string of the molecule is CN1CCN(S(=O)(=O)c2cc3cc(O)n(-c4ccccn4)c3cc2Cl)CC1. The van der Waals surface area contributed by atoms with Gasteiger partial charge in [-0.15, -0.1) is 0 Å². The van der Waals surface area contributed by atoms with E-state index in [4.69, 9.17) is 11.6 Å². The number of nitrogens with zero attached hydrogens (tertiary/aromatic N) is 4. The maximum atomic E-state index is 13.1. The highest BCUT2D eigenvalue weighted by atomic mass is 35.5. The van der Waals surface area contributed by atoms with Crippen LogP contribution in [0.15, 0.2) is 47.5 Å². The van der Waals surface area contributed by atoms with Crippen molar-refractivity contribution < 1.29 is 13.5 Å². The highest BCUT2D eigenvalue weighted by Crippen LogP contribution is 2.35. The molecular formula is C18H19ClN4O3S. The number of hydrogen-bond acceptors (Lipinski definition) is 5. The Hall–Kier alpha value is -2.13. The van der Waals surface area contributed by atoms with E-state index in [-0.39, 0.29) is 15.8 Å². The van der Waals surface area contributed by atoms with Crippen LogP contribution in [0.2, 0.25) is 5.02 Å². The van der Waals surface area contributed by atoms with Crippen LogP contribution in [0.1, 0.15) is 0 Å². The van der Waals surface area contributed by atoms with Gasteiger partial charge in [-0.05, 0) is 31.3 Å². The summed E-state index contributed by atoms with van der Waals surface area (Å²) in [7, 11) is -1.74. The zero-order chi connectivity index (χ0) is 19.2. The number of piperazine rings is 1. The molecule has 0 radical (unpaired) electrons. The maximum Gasteiger partial charge on any atom is 0.244 e. The first-order valence-electron chi connectivity index (χ1n) is 8.52. The molecule has 0 amide bonds. The van der Waals surface area contributed by atoms with E-state index < -0.39 is 10.0 Å². The molecule has 0 saturated carbocycles. The smallest absolute Gasteiger partial charge is 0.244 e. The maximum absolute atomic E-state index is 13.1. The van der Waals surface area contributed by atoms with Crippen LogP contribution in [0, 0.1) is 0 Å². The van der Waals surface area contributed by atoms with Crippen LogP contribution in [0.4, 0.5) is 0 Å². The lowest BCUT2D eigenvalue weighted by Gasteiger charge is -2.31. The Morgan fingerprint density at radius 3 is 2.52 bits per heavy atom. The van der Waals surface area contributed by atoms with E-state index in [2.05, 4.69) is 9.88 Å². The zero-order valence-corrected chi connectivity index (χ0v) is 16.3. The Kier molecular flexibility index (Phi) is 4.59. The number of likely N-dealkylation sites (N-methyl/N-ethyl adjacent to an activating group) is 1. The summed E-state index contributed by atoms with van der Waals surface area (Å²) in [4.78, 5) is 6.38. The van der Waals surface area contributed by atoms with Crippen LogP contribution >= 0.6 is 11.6 Å². The number of benzene rings is 1. The van der Waals surface area contributed by atoms with Crippen LogP contribution < -0.4 is 0 Å². The van der Waals surface area contributed by atoms with E-state index in [1.54, 1.807) is 30.5 Å². The molecule has 0 bridgehead atoms. The highest BCUT2D eigenvalue weighted by Gasteiger charge is 2.30. The second-order valence-electron chi connectivity index (χ2n) is 6.57. The van der Waals surface area contributed by atoms with Gasteiger partial charge < -0.3 is 10.0 Å². The van der Waals surface area contributed by atoms with Gasteiger partial charge in [0.2, 0.25) is 10.0 Å². The molecule has 1 N–H and O–H groups in total. The van der Waals surface area contributed by atoms with E-state index >= 15 is 0 Å². The molecule has 1 aliphatic heterocycles. The van der Waals surface area contributed by atoms with E-state index in [0.29, 0.717) is 42.9 Å². The van der Waals surface area contributed by atoms with Crippen LogP contribution in [0.3, 0.4) is 0 Å². The predicted octanol–water partition coefficient (Wildman–Crippen LogP) is 2.32. The molecule has 7 nitrogen and oxygen atoms in total. The van der Waals surface area contributed by atoms with Gasteiger partial charge in [0.1, 0.15) is 10.7 Å². The van der Waals surface area contributed by atoms with Gasteiger partial charge >= 0.3 is 0 Å². The molecule has 1 aromatic carbocycles. The molecule has 27 heavy (non-hydrogen) atoms. The zero-order valence-electron chi connectivity index (χ0n) is 14.7. The third kappa shape index (κ3) is 3.19. The summed E-state index contributed by atoms with van der Waals surface area (Å²) < 4.78 is 29.1. The van der Waals surface area contributed by atoms with Crippen molar-refractivity contribution in [1.82, 2.24) is 18.8 Å². The number of hydrogen-bond donors (Lipinski definition) is 1. The van der Waals surface area contributed by atoms with Gasteiger partial charge in [0.25, 0.3) is 0 Å². The normalized spacial score (nSPS) is 16.8. The second-order valence-corrected chi connectivity index (χ2v) is 8.89. The van der Waals surface area contributed by atoms with Crippen molar-refractivity contribution >= 4 is 32.5 Å². The van der Waals surface area contributed by atoms with Crippen LogP contribution in [-0.2, 0) is 10.0 Å². The van der Waals surface area contributed by atoms with Gasteiger partial charge in [-0.3, -0.25) is 4.57 Å². The topological polar surface area (TPSA) is 78.7 Å². The van der Waals surface area contributed by atoms with Crippen LogP contribution in [-0.4, -0.2) is 65.5 Å². The van der Waals surface area contributed by atoms with Crippen molar-refractivity contribution in [3.8, 4) is 11.7 Å². The molecule has 0 aliphatic carbocycles. The highest BCUT2D eigenvalue weighted by molar-refractivity contribution is 7.89. The third-order valence-corrected chi connectivity index (χ3v) is 7.16. The largest absolute Gasteiger partial charge is 0.494 e. The van der Waals surface area contributed by atoms with E-state index in [1.165, 1.54) is 21.0 Å². The quantitative estimate of drug-likeness (QED) is 0.722. The first kappa shape index (κ1) is 18.2. The summed E-state index contributed by atoms with van der Waals surface area (Å²) in [6, 6.07) is 9.94. The van der Waals surface area contributed by atoms with Crippen molar-refractivity contribution in [3.63, 3.8) is 0 Å². The van der Waals surface area contributed by atoms with E-state index in [9.17, 15) is 13.5 Å². The lowest BCUT2D eigenvalue weighted by molar-refractivity contribution is 0.222. The van der Waals surface area contributed by atoms with E-state index in [1.807, 2.05) is 7.05 Å². The van der Waals surface area contributed by atoms with Crippen molar-refractivity contribution in [2.24, 2.45) is 0 Å². The van der Waals surface area contributed by atoms with Crippen molar-refractivity contribution in [1.29, 1.82) is 0 Å². The van der Waals surface area contributed by atoms with Gasteiger partial charge in [-0.1, -0.05) is 17.7 Å². The molecule has 0 atom stereocenters. The fourth-order valence-electron chi connectivity index (χ4n) is 3.29. The summed E-state index contributed by atoms with van der Waals surface area (Å²) in [6.07, 6.45) is 1.62. The molecule has 1 fully saturated rings. The number of aromatic hydroxyl groups is 1. The Balaban J connectivity index is 1.82. The molecule has 1 saturated heterocycles. The molecule has 1 aliphatic rings. The van der Waals surface area contributed by atoms with Gasteiger partial charge in [0.05, 0.1) is 10.5 Å². The third-order valence-electron chi connectivity index (χ3n) is 4.79. The molecule has 0 unspecified atom stereocenters. The molecule has 2 aromatic heterocycles. The summed E-state index contributed by atoms with van der Waals surface area (Å²) in [5.74, 6) is 0.490. The Bertz CT molecular complexity index is 1090. The number of pyridine rings is 1. The van der Waals surface area contributed by atoms with Crippen LogP contribution in [0.25, 0.3) is 16.7 Å². The molecule has 0 spiro atoms. The number of aromatic nitrogens is 2. The lowest BCUT2D eigenvalue weighted by atomic mass is 10.2. The Morgan fingerprint density at radius 2 is 1.85 bits per heavy atom. The number of sulfonamides is 1. The van der Waals surface area contributed by atoms with E-state index in [0.717, 1.165) is 0 Å². The number of rotatable bonds is 3. The Labute approximate surface area is 162 Å². The molecule has 3 heterocycles. The van der Waals surface area contributed by atoms with Crippen LogP contribution in [0.5, 0.6) is 5.88 Å². The van der Waals surface area contributed by atoms with Crippen molar-refractivity contribution in [3.05, 3.63) is 47.6 Å². The number of fused-ring (bicyclic) bond motifs is 1.